The number of fused-ring (bicyclic) bond motifs is 3. The zero-order valence-electron chi connectivity index (χ0n) is 11.9. The summed E-state index contributed by atoms with van der Waals surface area (Å²) in [5.41, 5.74) is 11.0. The predicted molar refractivity (Wildman–Crippen MR) is 83.8 cm³/mol. The molecular formula is C17H16N3O2. The van der Waals surface area contributed by atoms with E-state index in [2.05, 4.69) is 23.5 Å². The van der Waals surface area contributed by atoms with Crippen LogP contribution in [-0.2, 0) is 22.6 Å². The highest BCUT2D eigenvalue weighted by Gasteiger charge is 2.20. The standard InChI is InChI=1S/C17H16N3O2/c18-17(19)20-9-16(21)22-10-12-5-3-7-14-13-6-2-1-4-11(13)8-15(12)14/h1-7,9H,8,10H2,(H4,18,19,20). The van der Waals surface area contributed by atoms with Gasteiger partial charge in [0.15, 0.2) is 12.5 Å². The van der Waals surface area contributed by atoms with Gasteiger partial charge in [-0.1, -0.05) is 42.5 Å². The summed E-state index contributed by atoms with van der Waals surface area (Å²) >= 11 is 0. The van der Waals surface area contributed by atoms with E-state index in [0.29, 0.717) is 0 Å². The largest absolute Gasteiger partial charge is 0.459 e. The van der Waals surface area contributed by atoms with Crippen LogP contribution in [0.25, 0.3) is 11.1 Å². The number of nitrogens with one attached hydrogen (secondary N) is 2. The van der Waals surface area contributed by atoms with E-state index in [1.807, 2.05) is 24.3 Å². The van der Waals surface area contributed by atoms with Crippen molar-refractivity contribution in [2.75, 3.05) is 0 Å². The fourth-order valence-electron chi connectivity index (χ4n) is 2.69. The summed E-state index contributed by atoms with van der Waals surface area (Å²) in [6, 6.07) is 14.3. The summed E-state index contributed by atoms with van der Waals surface area (Å²) in [5, 5.41) is 9.30. The van der Waals surface area contributed by atoms with Gasteiger partial charge >= 0.3 is 5.97 Å². The van der Waals surface area contributed by atoms with Crippen LogP contribution in [0.2, 0.25) is 0 Å². The Bertz CT molecular complexity index is 740. The maximum atomic E-state index is 11.5. The number of nitrogens with two attached hydrogens (primary N) is 1. The third-order valence-electron chi connectivity index (χ3n) is 3.66. The number of guanidine groups is 1. The van der Waals surface area contributed by atoms with Gasteiger partial charge in [0.1, 0.15) is 6.61 Å². The van der Waals surface area contributed by atoms with E-state index in [1.54, 1.807) is 0 Å². The molecule has 22 heavy (non-hydrogen) atoms. The maximum Gasteiger partial charge on any atom is 0.331 e. The Balaban J connectivity index is 1.72. The molecule has 5 nitrogen and oxygen atoms in total. The first-order valence-corrected chi connectivity index (χ1v) is 6.94. The van der Waals surface area contributed by atoms with Crippen molar-refractivity contribution in [1.82, 2.24) is 5.32 Å². The Kier molecular flexibility index (Phi) is 3.78. The molecule has 1 aliphatic rings. The number of carbonyl (C=O) groups is 1. The van der Waals surface area contributed by atoms with Crippen molar-refractivity contribution in [1.29, 1.82) is 5.41 Å². The zero-order chi connectivity index (χ0) is 15.5. The molecule has 4 N–H and O–H groups in total. The van der Waals surface area contributed by atoms with Crippen molar-refractivity contribution in [3.05, 3.63) is 65.7 Å². The van der Waals surface area contributed by atoms with Crippen molar-refractivity contribution in [3.63, 3.8) is 0 Å². The van der Waals surface area contributed by atoms with Gasteiger partial charge in [-0.15, -0.1) is 0 Å². The third kappa shape index (κ3) is 2.79. The summed E-state index contributed by atoms with van der Waals surface area (Å²) in [6.45, 7) is 1.24. The van der Waals surface area contributed by atoms with E-state index in [0.717, 1.165) is 18.5 Å². The van der Waals surface area contributed by atoms with Gasteiger partial charge in [-0.05, 0) is 34.2 Å². The van der Waals surface area contributed by atoms with Gasteiger partial charge in [0.05, 0.1) is 0 Å². The topological polar surface area (TPSA) is 88.2 Å². The van der Waals surface area contributed by atoms with Gasteiger partial charge in [-0.25, -0.2) is 4.79 Å². The first kappa shape index (κ1) is 14.1. The molecule has 0 aliphatic heterocycles. The van der Waals surface area contributed by atoms with Crippen LogP contribution in [0.3, 0.4) is 0 Å². The smallest absolute Gasteiger partial charge is 0.331 e. The Morgan fingerprint density at radius 3 is 2.82 bits per heavy atom. The van der Waals surface area contributed by atoms with Gasteiger partial charge in [-0.2, -0.15) is 0 Å². The highest BCUT2D eigenvalue weighted by molar-refractivity contribution is 5.85. The van der Waals surface area contributed by atoms with Gasteiger partial charge < -0.3 is 15.8 Å². The summed E-state index contributed by atoms with van der Waals surface area (Å²) in [7, 11) is 0. The van der Waals surface area contributed by atoms with Crippen molar-refractivity contribution in [2.24, 2.45) is 5.73 Å². The van der Waals surface area contributed by atoms with Crippen molar-refractivity contribution < 1.29 is 9.53 Å². The van der Waals surface area contributed by atoms with Crippen molar-refractivity contribution in [2.45, 2.75) is 13.0 Å². The van der Waals surface area contributed by atoms with E-state index in [9.17, 15) is 4.79 Å². The summed E-state index contributed by atoms with van der Waals surface area (Å²) in [4.78, 5) is 11.5. The quantitative estimate of drug-likeness (QED) is 0.390. The highest BCUT2D eigenvalue weighted by Crippen LogP contribution is 2.38. The molecular weight excluding hydrogens is 278 g/mol. The van der Waals surface area contributed by atoms with Gasteiger partial charge in [0, 0.05) is 0 Å². The summed E-state index contributed by atoms with van der Waals surface area (Å²) < 4.78 is 5.19. The Morgan fingerprint density at radius 1 is 1.23 bits per heavy atom. The highest BCUT2D eigenvalue weighted by atomic mass is 16.5. The number of benzene rings is 2. The lowest BCUT2D eigenvalue weighted by Crippen LogP contribution is -2.31. The van der Waals surface area contributed by atoms with Gasteiger partial charge in [0.2, 0.25) is 0 Å². The molecule has 5 heteroatoms. The SMILES string of the molecule is N=C(N)N[CH]C(=O)OCc1cccc2c1Cc1ccccc1-2. The lowest BCUT2D eigenvalue weighted by Gasteiger charge is -2.09. The predicted octanol–water partition coefficient (Wildman–Crippen LogP) is 1.95. The molecule has 1 aliphatic carbocycles. The fraction of sp³-hybridized carbons (Fsp3) is 0.118. The lowest BCUT2D eigenvalue weighted by atomic mass is 10.0. The average molecular weight is 294 g/mol. The van der Waals surface area contributed by atoms with Gasteiger partial charge in [0.25, 0.3) is 0 Å². The third-order valence-corrected chi connectivity index (χ3v) is 3.66. The molecule has 0 amide bonds. The molecule has 111 valence electrons. The molecule has 0 bridgehead atoms. The molecule has 0 fully saturated rings. The minimum Gasteiger partial charge on any atom is -0.459 e. The number of esters is 1. The monoisotopic (exact) mass is 294 g/mol. The fourth-order valence-corrected chi connectivity index (χ4v) is 2.69. The van der Waals surface area contributed by atoms with Crippen LogP contribution in [0.1, 0.15) is 16.7 Å². The lowest BCUT2D eigenvalue weighted by molar-refractivity contribution is -0.141. The number of rotatable bonds is 4. The van der Waals surface area contributed by atoms with Crippen molar-refractivity contribution >= 4 is 11.9 Å². The van der Waals surface area contributed by atoms with E-state index in [-0.39, 0.29) is 12.6 Å². The Morgan fingerprint density at radius 2 is 2.00 bits per heavy atom. The first-order valence-electron chi connectivity index (χ1n) is 6.94. The van der Waals surface area contributed by atoms with Crippen LogP contribution < -0.4 is 11.1 Å². The number of ether oxygens (including phenoxy) is 1. The molecule has 0 heterocycles. The summed E-state index contributed by atoms with van der Waals surface area (Å²) in [5.74, 6) is -0.851. The maximum absolute atomic E-state index is 11.5. The zero-order valence-corrected chi connectivity index (χ0v) is 11.9. The molecule has 2 aromatic carbocycles. The normalized spacial score (nSPS) is 11.5. The molecule has 0 saturated carbocycles. The molecule has 0 aromatic heterocycles. The van der Waals surface area contributed by atoms with E-state index in [4.69, 9.17) is 15.9 Å². The van der Waals surface area contributed by atoms with Crippen molar-refractivity contribution in [3.8, 4) is 11.1 Å². The average Bonchev–Trinajstić information content (AvgIpc) is 2.90. The Labute approximate surface area is 128 Å². The van der Waals surface area contributed by atoms with E-state index < -0.39 is 5.97 Å². The van der Waals surface area contributed by atoms with Crippen LogP contribution in [0.4, 0.5) is 0 Å². The second kappa shape index (κ2) is 5.89. The van der Waals surface area contributed by atoms with Gasteiger partial charge in [-0.3, -0.25) is 5.41 Å². The number of hydrogen-bond donors (Lipinski definition) is 3. The number of carbonyl (C=O) groups excluding carboxylic acids is 1. The first-order chi connectivity index (χ1) is 10.6. The summed E-state index contributed by atoms with van der Waals surface area (Å²) in [6.07, 6.45) is 0.856. The molecule has 0 spiro atoms. The minimum atomic E-state index is -0.552. The number of hydrogen-bond acceptors (Lipinski definition) is 3. The van der Waals surface area contributed by atoms with Crippen LogP contribution >= 0.6 is 0 Å². The molecule has 3 rings (SSSR count). The molecule has 0 saturated heterocycles. The van der Waals surface area contributed by atoms with E-state index in [1.165, 1.54) is 22.3 Å². The molecule has 0 unspecified atom stereocenters. The minimum absolute atomic E-state index is 0.200. The van der Waals surface area contributed by atoms with Crippen LogP contribution in [0.5, 0.6) is 0 Å². The van der Waals surface area contributed by atoms with Crippen LogP contribution in [0, 0.1) is 12.0 Å². The molecule has 2 aromatic rings. The Hall–Kier alpha value is -2.82. The molecule has 1 radical (unpaired) electrons. The van der Waals surface area contributed by atoms with Crippen LogP contribution in [-0.4, -0.2) is 11.9 Å². The van der Waals surface area contributed by atoms with Crippen LogP contribution in [0.15, 0.2) is 42.5 Å². The second-order valence-electron chi connectivity index (χ2n) is 5.09. The second-order valence-corrected chi connectivity index (χ2v) is 5.09. The molecule has 0 atom stereocenters. The van der Waals surface area contributed by atoms with E-state index >= 15 is 0 Å².